The Morgan fingerprint density at radius 2 is 2.32 bits per heavy atom. The highest BCUT2D eigenvalue weighted by Gasteiger charge is 2.41. The maximum Gasteiger partial charge on any atom is 0.393 e. The molecule has 2 rings (SSSR count). The molecule has 120 valence electrons. The molecule has 1 aliphatic rings. The Morgan fingerprint density at radius 1 is 1.55 bits per heavy atom. The average Bonchev–Trinajstić information content (AvgIpc) is 2.91. The molecular weight excluding hydrogens is 315 g/mol. The third-order valence-corrected chi connectivity index (χ3v) is 4.49. The number of halogens is 3. The third-order valence-electron chi connectivity index (χ3n) is 3.66. The maximum absolute atomic E-state index is 12.7. The van der Waals surface area contributed by atoms with E-state index in [1.807, 2.05) is 6.07 Å². The van der Waals surface area contributed by atoms with Crippen LogP contribution in [-0.4, -0.2) is 36.6 Å². The van der Waals surface area contributed by atoms with E-state index >= 15 is 0 Å². The van der Waals surface area contributed by atoms with Crippen LogP contribution in [0.1, 0.15) is 24.8 Å². The van der Waals surface area contributed by atoms with Gasteiger partial charge in [0.25, 0.3) is 0 Å². The molecule has 2 heterocycles. The molecule has 1 fully saturated rings. The first-order valence-electron chi connectivity index (χ1n) is 6.96. The smallest absolute Gasteiger partial charge is 0.317 e. The van der Waals surface area contributed by atoms with Crippen molar-refractivity contribution in [1.82, 2.24) is 4.90 Å². The zero-order valence-corrected chi connectivity index (χ0v) is 12.6. The van der Waals surface area contributed by atoms with Crippen molar-refractivity contribution in [3.63, 3.8) is 0 Å². The Hall–Kier alpha value is -1.59. The minimum atomic E-state index is -4.17. The van der Waals surface area contributed by atoms with E-state index in [1.165, 1.54) is 11.3 Å². The number of amides is 1. The predicted octanol–water partition coefficient (Wildman–Crippen LogP) is 3.22. The molecule has 1 amide bonds. The van der Waals surface area contributed by atoms with Crippen LogP contribution in [0.15, 0.2) is 11.4 Å². The summed E-state index contributed by atoms with van der Waals surface area (Å²) >= 11 is 1.25. The van der Waals surface area contributed by atoms with Gasteiger partial charge in [0.05, 0.1) is 11.5 Å². The Labute approximate surface area is 130 Å². The molecular formula is C14H16F3N3OS. The molecule has 1 aliphatic heterocycles. The summed E-state index contributed by atoms with van der Waals surface area (Å²) in [5, 5.41) is 13.7. The second-order valence-electron chi connectivity index (χ2n) is 5.25. The van der Waals surface area contributed by atoms with E-state index in [-0.39, 0.29) is 25.3 Å². The Morgan fingerprint density at radius 3 is 3.00 bits per heavy atom. The summed E-state index contributed by atoms with van der Waals surface area (Å²) in [5.41, 5.74) is 0.397. The van der Waals surface area contributed by atoms with Gasteiger partial charge in [0.2, 0.25) is 5.91 Å². The summed E-state index contributed by atoms with van der Waals surface area (Å²) in [6, 6.07) is 3.58. The van der Waals surface area contributed by atoms with Gasteiger partial charge in [-0.3, -0.25) is 4.79 Å². The van der Waals surface area contributed by atoms with Crippen LogP contribution in [0.5, 0.6) is 0 Å². The van der Waals surface area contributed by atoms with Crippen LogP contribution in [-0.2, 0) is 4.79 Å². The van der Waals surface area contributed by atoms with Gasteiger partial charge in [0, 0.05) is 19.5 Å². The van der Waals surface area contributed by atoms with Gasteiger partial charge in [-0.2, -0.15) is 18.4 Å². The van der Waals surface area contributed by atoms with Gasteiger partial charge >= 0.3 is 6.18 Å². The van der Waals surface area contributed by atoms with Crippen LogP contribution in [0.25, 0.3) is 0 Å². The minimum absolute atomic E-state index is 0.0424. The summed E-state index contributed by atoms with van der Waals surface area (Å²) in [5.74, 6) is -1.58. The minimum Gasteiger partial charge on any atom is -0.317 e. The fraction of sp³-hybridized carbons (Fsp3) is 0.571. The lowest BCUT2D eigenvalue weighted by Crippen LogP contribution is -2.42. The summed E-state index contributed by atoms with van der Waals surface area (Å²) in [7, 11) is 0. The molecule has 1 atom stereocenters. The van der Waals surface area contributed by atoms with Crippen LogP contribution >= 0.6 is 11.3 Å². The Balaban J connectivity index is 1.80. The van der Waals surface area contributed by atoms with Crippen molar-refractivity contribution in [2.45, 2.75) is 25.4 Å². The topological polar surface area (TPSA) is 56.1 Å². The number of thiophene rings is 1. The van der Waals surface area contributed by atoms with Gasteiger partial charge in [-0.1, -0.05) is 0 Å². The molecule has 0 bridgehead atoms. The number of piperidine rings is 1. The van der Waals surface area contributed by atoms with Gasteiger partial charge in [0.1, 0.15) is 11.1 Å². The summed E-state index contributed by atoms with van der Waals surface area (Å²) < 4.78 is 38.1. The van der Waals surface area contributed by atoms with Gasteiger partial charge in [-0.15, -0.1) is 11.3 Å². The number of nitrogens with one attached hydrogen (secondary N) is 1. The largest absolute Gasteiger partial charge is 0.393 e. The standard InChI is InChI=1S/C14H16F3N3OS/c15-14(16,17)11-2-1-5-20(9-11)6-3-12(21)19-13-10(8-18)4-7-22-13/h4,7,11H,1-3,5-6,9H2,(H,19,21). The molecule has 0 radical (unpaired) electrons. The molecule has 4 nitrogen and oxygen atoms in total. The number of rotatable bonds is 4. The third kappa shape index (κ3) is 4.45. The summed E-state index contributed by atoms with van der Waals surface area (Å²) in [4.78, 5) is 13.5. The molecule has 22 heavy (non-hydrogen) atoms. The fourth-order valence-electron chi connectivity index (χ4n) is 2.47. The number of alkyl halides is 3. The summed E-state index contributed by atoms with van der Waals surface area (Å²) in [6.07, 6.45) is -3.39. The van der Waals surface area contributed by atoms with E-state index in [0.29, 0.717) is 30.1 Å². The zero-order chi connectivity index (χ0) is 16.2. The van der Waals surface area contributed by atoms with E-state index in [1.54, 1.807) is 16.3 Å². The predicted molar refractivity (Wildman–Crippen MR) is 77.5 cm³/mol. The molecule has 1 saturated heterocycles. The zero-order valence-electron chi connectivity index (χ0n) is 11.8. The molecule has 0 aliphatic carbocycles. The second-order valence-corrected chi connectivity index (χ2v) is 6.17. The lowest BCUT2D eigenvalue weighted by atomic mass is 9.97. The Kier molecular flexibility index (Phi) is 5.42. The number of likely N-dealkylation sites (tertiary alicyclic amines) is 1. The molecule has 1 N–H and O–H groups in total. The van der Waals surface area contributed by atoms with E-state index in [9.17, 15) is 18.0 Å². The van der Waals surface area contributed by atoms with Crippen LogP contribution in [0.4, 0.5) is 18.2 Å². The van der Waals surface area contributed by atoms with Gasteiger partial charge in [-0.05, 0) is 30.8 Å². The van der Waals surface area contributed by atoms with Crippen LogP contribution < -0.4 is 5.32 Å². The normalized spacial score (nSPS) is 19.6. The highest BCUT2D eigenvalue weighted by molar-refractivity contribution is 7.14. The van der Waals surface area contributed by atoms with Crippen LogP contribution in [0.2, 0.25) is 0 Å². The Bertz CT molecular complexity index is 564. The van der Waals surface area contributed by atoms with Crippen LogP contribution in [0, 0.1) is 17.2 Å². The van der Waals surface area contributed by atoms with E-state index < -0.39 is 12.1 Å². The van der Waals surface area contributed by atoms with Crippen molar-refractivity contribution in [2.75, 3.05) is 25.0 Å². The SMILES string of the molecule is N#Cc1ccsc1NC(=O)CCN1CCCC(C(F)(F)F)C1. The molecule has 1 unspecified atom stereocenters. The van der Waals surface area contributed by atoms with Crippen molar-refractivity contribution in [1.29, 1.82) is 5.26 Å². The molecule has 1 aromatic rings. The van der Waals surface area contributed by atoms with Gasteiger partial charge in [-0.25, -0.2) is 0 Å². The molecule has 0 aromatic carbocycles. The molecule has 8 heteroatoms. The number of nitrogens with zero attached hydrogens (tertiary/aromatic N) is 2. The van der Waals surface area contributed by atoms with Gasteiger partial charge in [0.15, 0.2) is 0 Å². The number of hydrogen-bond acceptors (Lipinski definition) is 4. The second kappa shape index (κ2) is 7.11. The van der Waals surface area contributed by atoms with Crippen molar-refractivity contribution in [2.24, 2.45) is 5.92 Å². The van der Waals surface area contributed by atoms with Gasteiger partial charge < -0.3 is 10.2 Å². The first kappa shape index (κ1) is 16.8. The quantitative estimate of drug-likeness (QED) is 0.921. The average molecular weight is 331 g/mol. The van der Waals surface area contributed by atoms with Crippen LogP contribution in [0.3, 0.4) is 0 Å². The number of nitriles is 1. The van der Waals surface area contributed by atoms with E-state index in [0.717, 1.165) is 0 Å². The van der Waals surface area contributed by atoms with Crippen molar-refractivity contribution in [3.05, 3.63) is 17.0 Å². The van der Waals surface area contributed by atoms with E-state index in [2.05, 4.69) is 5.32 Å². The van der Waals surface area contributed by atoms with Crippen molar-refractivity contribution >= 4 is 22.2 Å². The first-order valence-corrected chi connectivity index (χ1v) is 7.84. The highest BCUT2D eigenvalue weighted by Crippen LogP contribution is 2.33. The molecule has 0 saturated carbocycles. The maximum atomic E-state index is 12.7. The number of carbonyl (C=O) groups is 1. The first-order chi connectivity index (χ1) is 10.4. The highest BCUT2D eigenvalue weighted by atomic mass is 32.1. The number of anilines is 1. The lowest BCUT2D eigenvalue weighted by molar-refractivity contribution is -0.186. The monoisotopic (exact) mass is 331 g/mol. The number of carbonyl (C=O) groups excluding carboxylic acids is 1. The lowest BCUT2D eigenvalue weighted by Gasteiger charge is -2.33. The number of hydrogen-bond donors (Lipinski definition) is 1. The molecule has 1 aromatic heterocycles. The summed E-state index contributed by atoms with van der Waals surface area (Å²) in [6.45, 7) is 0.840. The van der Waals surface area contributed by atoms with Crippen molar-refractivity contribution in [3.8, 4) is 6.07 Å². The van der Waals surface area contributed by atoms with Crippen molar-refractivity contribution < 1.29 is 18.0 Å². The molecule has 0 spiro atoms. The van der Waals surface area contributed by atoms with E-state index in [4.69, 9.17) is 5.26 Å². The fourth-order valence-corrected chi connectivity index (χ4v) is 3.22.